The van der Waals surface area contributed by atoms with Crippen molar-refractivity contribution in [2.45, 2.75) is 32.9 Å². The molecule has 1 unspecified atom stereocenters. The summed E-state index contributed by atoms with van der Waals surface area (Å²) in [7, 11) is 3.35. The molecule has 1 N–H and O–H groups in total. The van der Waals surface area contributed by atoms with Gasteiger partial charge >= 0.3 is 0 Å². The predicted octanol–water partition coefficient (Wildman–Crippen LogP) is 2.68. The van der Waals surface area contributed by atoms with Crippen molar-refractivity contribution >= 4 is 5.69 Å². The Balaban J connectivity index is 1.63. The van der Waals surface area contributed by atoms with E-state index in [0.717, 1.165) is 60.3 Å². The molecule has 6 nitrogen and oxygen atoms in total. The molecule has 0 aliphatic carbocycles. The van der Waals surface area contributed by atoms with Crippen LogP contribution in [0.25, 0.3) is 0 Å². The second-order valence-electron chi connectivity index (χ2n) is 6.19. The Morgan fingerprint density at radius 3 is 2.50 bits per heavy atom. The molecule has 3 rings (SSSR count). The smallest absolute Gasteiger partial charge is 0.138 e. The van der Waals surface area contributed by atoms with Crippen molar-refractivity contribution in [1.29, 1.82) is 0 Å². The van der Waals surface area contributed by atoms with Crippen LogP contribution < -0.4 is 19.7 Å². The Kier molecular flexibility index (Phi) is 4.94. The first kappa shape index (κ1) is 16.6. The van der Waals surface area contributed by atoms with Crippen molar-refractivity contribution in [3.05, 3.63) is 35.2 Å². The summed E-state index contributed by atoms with van der Waals surface area (Å²) in [4.78, 5) is 2.36. The van der Waals surface area contributed by atoms with E-state index < -0.39 is 0 Å². The normalized spacial score (nSPS) is 17.3. The highest BCUT2D eigenvalue weighted by Crippen LogP contribution is 2.30. The summed E-state index contributed by atoms with van der Waals surface area (Å²) >= 11 is 0. The van der Waals surface area contributed by atoms with Crippen LogP contribution in [0.5, 0.6) is 11.5 Å². The number of methoxy groups -OCH3 is 2. The second kappa shape index (κ2) is 7.13. The Morgan fingerprint density at radius 2 is 1.92 bits per heavy atom. The van der Waals surface area contributed by atoms with Crippen molar-refractivity contribution in [3.63, 3.8) is 0 Å². The molecule has 1 saturated heterocycles. The van der Waals surface area contributed by atoms with Gasteiger partial charge < -0.3 is 24.2 Å². The van der Waals surface area contributed by atoms with E-state index in [4.69, 9.17) is 14.0 Å². The second-order valence-corrected chi connectivity index (χ2v) is 6.19. The topological polar surface area (TPSA) is 59.8 Å². The van der Waals surface area contributed by atoms with Crippen LogP contribution in [0.1, 0.15) is 23.4 Å². The summed E-state index contributed by atoms with van der Waals surface area (Å²) in [5.41, 5.74) is 3.26. The zero-order chi connectivity index (χ0) is 17.1. The summed E-state index contributed by atoms with van der Waals surface area (Å²) < 4.78 is 16.0. The van der Waals surface area contributed by atoms with Crippen molar-refractivity contribution in [3.8, 4) is 11.5 Å². The van der Waals surface area contributed by atoms with Crippen LogP contribution >= 0.6 is 0 Å². The fraction of sp³-hybridized carbons (Fsp3) is 0.500. The molecule has 6 heteroatoms. The van der Waals surface area contributed by atoms with Gasteiger partial charge in [0.15, 0.2) is 0 Å². The van der Waals surface area contributed by atoms with Gasteiger partial charge in [-0.25, -0.2) is 0 Å². The summed E-state index contributed by atoms with van der Waals surface area (Å²) in [5, 5.41) is 7.63. The molecule has 1 aromatic carbocycles. The van der Waals surface area contributed by atoms with Crippen LogP contribution in [0.3, 0.4) is 0 Å². The average molecular weight is 331 g/mol. The molecular weight excluding hydrogens is 306 g/mol. The number of hydrogen-bond donors (Lipinski definition) is 1. The number of anilines is 1. The third kappa shape index (κ3) is 3.48. The largest absolute Gasteiger partial charge is 0.497 e. The van der Waals surface area contributed by atoms with Crippen molar-refractivity contribution < 1.29 is 14.0 Å². The summed E-state index contributed by atoms with van der Waals surface area (Å²) in [6.07, 6.45) is 1.10. The minimum Gasteiger partial charge on any atom is -0.497 e. The molecule has 0 spiro atoms. The highest BCUT2D eigenvalue weighted by atomic mass is 16.5. The number of nitrogens with one attached hydrogen (secondary N) is 1. The van der Waals surface area contributed by atoms with Gasteiger partial charge in [0, 0.05) is 55.1 Å². The van der Waals surface area contributed by atoms with E-state index in [2.05, 4.69) is 27.5 Å². The molecule has 0 amide bonds. The first-order valence-electron chi connectivity index (χ1n) is 8.24. The van der Waals surface area contributed by atoms with Gasteiger partial charge in [0.25, 0.3) is 0 Å². The van der Waals surface area contributed by atoms with Crippen LogP contribution in [-0.2, 0) is 6.54 Å². The Labute approximate surface area is 142 Å². The maximum Gasteiger partial charge on any atom is 0.138 e. The van der Waals surface area contributed by atoms with Crippen LogP contribution in [0.15, 0.2) is 22.7 Å². The van der Waals surface area contributed by atoms with Gasteiger partial charge in [0.1, 0.15) is 17.3 Å². The summed E-state index contributed by atoms with van der Waals surface area (Å²) in [6.45, 7) is 6.70. The van der Waals surface area contributed by atoms with Crippen molar-refractivity contribution in [2.75, 3.05) is 32.2 Å². The molecule has 1 aliphatic heterocycles. The lowest BCUT2D eigenvalue weighted by Gasteiger charge is -2.20. The minimum absolute atomic E-state index is 0.441. The van der Waals surface area contributed by atoms with Crippen molar-refractivity contribution in [1.82, 2.24) is 10.5 Å². The fourth-order valence-corrected chi connectivity index (χ4v) is 3.14. The molecule has 24 heavy (non-hydrogen) atoms. The highest BCUT2D eigenvalue weighted by Gasteiger charge is 2.24. The lowest BCUT2D eigenvalue weighted by atomic mass is 10.2. The quantitative estimate of drug-likeness (QED) is 0.878. The molecular formula is C18H25N3O3. The van der Waals surface area contributed by atoms with E-state index in [9.17, 15) is 0 Å². The van der Waals surface area contributed by atoms with Crippen LogP contribution in [0.2, 0.25) is 0 Å². The summed E-state index contributed by atoms with van der Waals surface area (Å²) in [6, 6.07) is 6.45. The fourth-order valence-electron chi connectivity index (χ4n) is 3.14. The lowest BCUT2D eigenvalue weighted by Crippen LogP contribution is -2.32. The third-order valence-corrected chi connectivity index (χ3v) is 4.64. The Morgan fingerprint density at radius 1 is 1.21 bits per heavy atom. The molecule has 0 saturated carbocycles. The van der Waals surface area contributed by atoms with E-state index >= 15 is 0 Å². The number of nitrogens with zero attached hydrogens (tertiary/aromatic N) is 2. The molecule has 2 aromatic rings. The molecule has 1 aliphatic rings. The predicted molar refractivity (Wildman–Crippen MR) is 93.0 cm³/mol. The van der Waals surface area contributed by atoms with Gasteiger partial charge in [0.05, 0.1) is 19.9 Å². The molecule has 1 fully saturated rings. The molecule has 1 aromatic heterocycles. The molecule has 0 radical (unpaired) electrons. The van der Waals surface area contributed by atoms with Gasteiger partial charge in [-0.05, 0) is 20.3 Å². The van der Waals surface area contributed by atoms with Gasteiger partial charge in [0.2, 0.25) is 0 Å². The Hall–Kier alpha value is -2.21. The number of aromatic nitrogens is 1. The standard InChI is InChI=1S/C18H25N3O3/c1-12-18(13(2)24-20-12)10-19-14-5-6-21(11-14)15-7-16(22-3)9-17(8-15)23-4/h7-9,14,19H,5-6,10-11H2,1-4H3. The van der Waals surface area contributed by atoms with Gasteiger partial charge in [-0.1, -0.05) is 5.16 Å². The number of hydrogen-bond acceptors (Lipinski definition) is 6. The average Bonchev–Trinajstić information content (AvgIpc) is 3.20. The zero-order valence-corrected chi connectivity index (χ0v) is 14.8. The van der Waals surface area contributed by atoms with Crippen LogP contribution in [0.4, 0.5) is 5.69 Å². The first-order valence-corrected chi connectivity index (χ1v) is 8.24. The third-order valence-electron chi connectivity index (χ3n) is 4.64. The van der Waals surface area contributed by atoms with Gasteiger partial charge in [-0.3, -0.25) is 0 Å². The number of aryl methyl sites for hydroxylation is 2. The SMILES string of the molecule is COc1cc(OC)cc(N2CCC(NCc3c(C)noc3C)C2)c1. The van der Waals surface area contributed by atoms with Crippen LogP contribution in [-0.4, -0.2) is 38.5 Å². The maximum atomic E-state index is 5.37. The molecule has 1 atom stereocenters. The maximum absolute atomic E-state index is 5.37. The number of benzene rings is 1. The molecule has 2 heterocycles. The monoisotopic (exact) mass is 331 g/mol. The van der Waals surface area contributed by atoms with E-state index in [0.29, 0.717) is 6.04 Å². The highest BCUT2D eigenvalue weighted by molar-refractivity contribution is 5.56. The van der Waals surface area contributed by atoms with Gasteiger partial charge in [-0.15, -0.1) is 0 Å². The van der Waals surface area contributed by atoms with Crippen molar-refractivity contribution in [2.24, 2.45) is 0 Å². The van der Waals surface area contributed by atoms with E-state index in [-0.39, 0.29) is 0 Å². The number of rotatable bonds is 6. The first-order chi connectivity index (χ1) is 11.6. The molecule has 0 bridgehead atoms. The summed E-state index contributed by atoms with van der Waals surface area (Å²) in [5.74, 6) is 2.53. The minimum atomic E-state index is 0.441. The molecule has 130 valence electrons. The Bertz CT molecular complexity index is 657. The lowest BCUT2D eigenvalue weighted by molar-refractivity contribution is 0.391. The van der Waals surface area contributed by atoms with Crippen LogP contribution in [0, 0.1) is 13.8 Å². The number of ether oxygens (including phenoxy) is 2. The zero-order valence-electron chi connectivity index (χ0n) is 14.8. The van der Waals surface area contributed by atoms with Gasteiger partial charge in [-0.2, -0.15) is 0 Å². The van der Waals surface area contributed by atoms with E-state index in [1.165, 1.54) is 0 Å². The van der Waals surface area contributed by atoms with E-state index in [1.807, 2.05) is 19.9 Å². The van der Waals surface area contributed by atoms with E-state index in [1.54, 1.807) is 14.2 Å².